The van der Waals surface area contributed by atoms with E-state index in [0.29, 0.717) is 18.8 Å². The zero-order valence-electron chi connectivity index (χ0n) is 21.3. The van der Waals surface area contributed by atoms with Crippen LogP contribution in [0, 0.1) is 13.8 Å². The molecule has 2 fully saturated rings. The van der Waals surface area contributed by atoms with Crippen molar-refractivity contribution in [3.63, 3.8) is 0 Å². The van der Waals surface area contributed by atoms with Crippen LogP contribution < -0.4 is 20.3 Å². The first-order valence-electron chi connectivity index (χ1n) is 12.4. The van der Waals surface area contributed by atoms with E-state index in [1.165, 1.54) is 0 Å². The lowest BCUT2D eigenvalue weighted by Gasteiger charge is -2.39. The Morgan fingerprint density at radius 2 is 1.81 bits per heavy atom. The molecule has 2 saturated heterocycles. The van der Waals surface area contributed by atoms with Crippen LogP contribution in [0.4, 0.5) is 11.4 Å². The van der Waals surface area contributed by atoms with Gasteiger partial charge in [-0.15, -0.1) is 0 Å². The lowest BCUT2D eigenvalue weighted by atomic mass is 10.1. The molecule has 0 unspecified atom stereocenters. The summed E-state index contributed by atoms with van der Waals surface area (Å²) < 4.78 is 5.49. The number of anilines is 2. The predicted molar refractivity (Wildman–Crippen MR) is 139 cm³/mol. The molecule has 4 rings (SSSR count). The van der Waals surface area contributed by atoms with Crippen LogP contribution in [0.25, 0.3) is 0 Å². The topological polar surface area (TPSA) is 94.2 Å². The fourth-order valence-corrected chi connectivity index (χ4v) is 4.87. The Kier molecular flexibility index (Phi) is 8.10. The van der Waals surface area contributed by atoms with Gasteiger partial charge in [-0.1, -0.05) is 29.8 Å². The minimum Gasteiger partial charge on any atom is -0.495 e. The Morgan fingerprint density at radius 3 is 2.53 bits per heavy atom. The summed E-state index contributed by atoms with van der Waals surface area (Å²) >= 11 is 0. The second-order valence-electron chi connectivity index (χ2n) is 9.40. The molecule has 9 nitrogen and oxygen atoms in total. The molecule has 2 aromatic carbocycles. The summed E-state index contributed by atoms with van der Waals surface area (Å²) in [7, 11) is 1.67. The van der Waals surface area contributed by atoms with E-state index in [1.807, 2.05) is 56.3 Å². The molecule has 2 aliphatic heterocycles. The number of hydrogen-bond donors (Lipinski definition) is 2. The highest BCUT2D eigenvalue weighted by Crippen LogP contribution is 2.28. The highest BCUT2D eigenvalue weighted by Gasteiger charge is 2.35. The maximum atomic E-state index is 13.2. The molecule has 2 heterocycles. The molecule has 0 radical (unpaired) electrons. The minimum atomic E-state index is -0.813. The van der Waals surface area contributed by atoms with Crippen molar-refractivity contribution < 1.29 is 19.1 Å². The van der Waals surface area contributed by atoms with E-state index < -0.39 is 6.04 Å². The summed E-state index contributed by atoms with van der Waals surface area (Å²) in [4.78, 5) is 44.6. The average molecular weight is 494 g/mol. The van der Waals surface area contributed by atoms with Crippen molar-refractivity contribution in [2.45, 2.75) is 26.3 Å². The van der Waals surface area contributed by atoms with Crippen molar-refractivity contribution in [2.24, 2.45) is 0 Å². The van der Waals surface area contributed by atoms with Crippen molar-refractivity contribution in [1.82, 2.24) is 15.1 Å². The van der Waals surface area contributed by atoms with Crippen molar-refractivity contribution in [1.29, 1.82) is 0 Å². The van der Waals surface area contributed by atoms with Crippen molar-refractivity contribution >= 4 is 29.1 Å². The lowest BCUT2D eigenvalue weighted by molar-refractivity contribution is -0.145. The normalized spacial score (nSPS) is 18.5. The molecule has 3 amide bonds. The molecule has 1 atom stereocenters. The summed E-state index contributed by atoms with van der Waals surface area (Å²) in [5.41, 5.74) is 3.83. The Bertz CT molecular complexity index is 1110. The second-order valence-corrected chi connectivity index (χ2v) is 9.40. The van der Waals surface area contributed by atoms with Gasteiger partial charge in [-0.25, -0.2) is 0 Å². The van der Waals surface area contributed by atoms with Crippen LogP contribution in [0.2, 0.25) is 0 Å². The van der Waals surface area contributed by atoms with Gasteiger partial charge in [0.25, 0.3) is 0 Å². The number of piperazine rings is 2. The van der Waals surface area contributed by atoms with Crippen LogP contribution in [0.15, 0.2) is 42.5 Å². The van der Waals surface area contributed by atoms with Crippen molar-refractivity contribution in [3.05, 3.63) is 53.6 Å². The van der Waals surface area contributed by atoms with Gasteiger partial charge in [0.05, 0.1) is 25.8 Å². The number of para-hydroxylation sites is 2. The van der Waals surface area contributed by atoms with Crippen molar-refractivity contribution in [3.8, 4) is 5.75 Å². The Labute approximate surface area is 212 Å². The van der Waals surface area contributed by atoms with Gasteiger partial charge in [0.2, 0.25) is 17.7 Å². The molecule has 0 aliphatic carbocycles. The molecule has 36 heavy (non-hydrogen) atoms. The SMILES string of the molecule is COc1ccccc1N1CCN(CC(=O)N2CCNC(=O)[C@H]2CC(=O)Nc2ccc(C)cc2C)CC1. The van der Waals surface area contributed by atoms with Gasteiger partial charge >= 0.3 is 0 Å². The molecule has 2 aliphatic rings. The zero-order chi connectivity index (χ0) is 25.7. The van der Waals surface area contributed by atoms with Crippen LogP contribution in [-0.4, -0.2) is 86.5 Å². The van der Waals surface area contributed by atoms with Crippen LogP contribution >= 0.6 is 0 Å². The molecule has 0 saturated carbocycles. The number of hydrogen-bond acceptors (Lipinski definition) is 6. The van der Waals surface area contributed by atoms with E-state index in [-0.39, 0.29) is 30.7 Å². The first kappa shape index (κ1) is 25.5. The number of aryl methyl sites for hydroxylation is 2. The van der Waals surface area contributed by atoms with Gasteiger partial charge in [0, 0.05) is 45.0 Å². The summed E-state index contributed by atoms with van der Waals surface area (Å²) in [6.07, 6.45) is -0.0769. The molecule has 192 valence electrons. The lowest BCUT2D eigenvalue weighted by Crippen LogP contribution is -2.60. The Morgan fingerprint density at radius 1 is 1.06 bits per heavy atom. The van der Waals surface area contributed by atoms with E-state index >= 15 is 0 Å². The highest BCUT2D eigenvalue weighted by molar-refractivity contribution is 5.98. The molecule has 9 heteroatoms. The standard InChI is InChI=1S/C27H35N5O4/c1-19-8-9-21(20(2)16-19)29-25(33)17-23-27(35)28-10-11-32(23)26(34)18-30-12-14-31(15-13-30)22-6-4-5-7-24(22)36-3/h4-9,16,23H,10-15,17-18H2,1-3H3,(H,28,35)(H,29,33)/t23-/m1/s1. The van der Waals surface area contributed by atoms with Crippen LogP contribution in [0.3, 0.4) is 0 Å². The first-order chi connectivity index (χ1) is 17.4. The summed E-state index contributed by atoms with van der Waals surface area (Å²) in [5.74, 6) is 0.141. The van der Waals surface area contributed by atoms with Crippen LogP contribution in [-0.2, 0) is 14.4 Å². The number of benzene rings is 2. The van der Waals surface area contributed by atoms with Gasteiger partial charge < -0.3 is 25.2 Å². The molecule has 0 bridgehead atoms. The number of ether oxygens (including phenoxy) is 1. The van der Waals surface area contributed by atoms with Gasteiger partial charge in [-0.2, -0.15) is 0 Å². The first-order valence-corrected chi connectivity index (χ1v) is 12.4. The number of carbonyl (C=O) groups is 3. The third-order valence-electron chi connectivity index (χ3n) is 6.84. The third kappa shape index (κ3) is 5.96. The van der Waals surface area contributed by atoms with E-state index in [1.54, 1.807) is 12.0 Å². The second kappa shape index (κ2) is 11.4. The zero-order valence-corrected chi connectivity index (χ0v) is 21.3. The monoisotopic (exact) mass is 493 g/mol. The number of methoxy groups -OCH3 is 1. The maximum absolute atomic E-state index is 13.2. The molecular weight excluding hydrogens is 458 g/mol. The molecule has 0 aromatic heterocycles. The molecule has 2 N–H and O–H groups in total. The predicted octanol–water partition coefficient (Wildman–Crippen LogP) is 1.79. The summed E-state index contributed by atoms with van der Waals surface area (Å²) in [6, 6.07) is 12.9. The van der Waals surface area contributed by atoms with Crippen molar-refractivity contribution in [2.75, 3.05) is 63.1 Å². The number of rotatable bonds is 7. The summed E-state index contributed by atoms with van der Waals surface area (Å²) in [5, 5.41) is 5.69. The minimum absolute atomic E-state index is 0.0769. The Balaban J connectivity index is 1.34. The van der Waals surface area contributed by atoms with E-state index in [9.17, 15) is 14.4 Å². The van der Waals surface area contributed by atoms with Crippen LogP contribution in [0.1, 0.15) is 17.5 Å². The fraction of sp³-hybridized carbons (Fsp3) is 0.444. The largest absolute Gasteiger partial charge is 0.495 e. The quantitative estimate of drug-likeness (QED) is 0.611. The highest BCUT2D eigenvalue weighted by atomic mass is 16.5. The van der Waals surface area contributed by atoms with Crippen LogP contribution in [0.5, 0.6) is 5.75 Å². The fourth-order valence-electron chi connectivity index (χ4n) is 4.87. The molecule has 2 aromatic rings. The van der Waals surface area contributed by atoms with Gasteiger partial charge in [-0.3, -0.25) is 19.3 Å². The molecular formula is C27H35N5O4. The number of nitrogens with zero attached hydrogens (tertiary/aromatic N) is 3. The number of nitrogens with one attached hydrogen (secondary N) is 2. The van der Waals surface area contributed by atoms with E-state index in [2.05, 4.69) is 20.4 Å². The smallest absolute Gasteiger partial charge is 0.243 e. The third-order valence-corrected chi connectivity index (χ3v) is 6.84. The van der Waals surface area contributed by atoms with Gasteiger partial charge in [0.15, 0.2) is 0 Å². The summed E-state index contributed by atoms with van der Waals surface area (Å²) in [6.45, 7) is 7.93. The number of carbonyl (C=O) groups excluding carboxylic acids is 3. The Hall–Kier alpha value is -3.59. The van der Waals surface area contributed by atoms with E-state index in [0.717, 1.165) is 48.7 Å². The average Bonchev–Trinajstić information content (AvgIpc) is 2.87. The van der Waals surface area contributed by atoms with Gasteiger partial charge in [-0.05, 0) is 37.6 Å². The van der Waals surface area contributed by atoms with E-state index in [4.69, 9.17) is 4.74 Å². The maximum Gasteiger partial charge on any atom is 0.243 e. The molecule has 0 spiro atoms. The van der Waals surface area contributed by atoms with Gasteiger partial charge in [0.1, 0.15) is 11.8 Å². The number of amides is 3.